The molecule has 2 heterocycles. The van der Waals surface area contributed by atoms with Gasteiger partial charge in [0.1, 0.15) is 6.61 Å². The Bertz CT molecular complexity index is 643. The lowest BCUT2D eigenvalue weighted by atomic mass is 10.1. The number of anilines is 1. The molecule has 0 amide bonds. The van der Waals surface area contributed by atoms with Crippen molar-refractivity contribution in [2.75, 3.05) is 18.5 Å². The third-order valence-corrected chi connectivity index (χ3v) is 2.86. The van der Waals surface area contributed by atoms with Crippen LogP contribution in [0.2, 0.25) is 0 Å². The van der Waals surface area contributed by atoms with Gasteiger partial charge in [-0.1, -0.05) is 12.1 Å². The number of halogens is 3. The van der Waals surface area contributed by atoms with E-state index in [1.807, 2.05) is 0 Å². The standard InChI is InChI=1S/C13H10F3N3O/c14-13(15,16)9-3-1-2-8(6-9)11-18-7-10-12(19-11)17-4-5-20-10/h1-3,6-7H,4-5H2,(H,17,18,19). The second-order valence-electron chi connectivity index (χ2n) is 4.26. The van der Waals surface area contributed by atoms with E-state index in [4.69, 9.17) is 4.74 Å². The summed E-state index contributed by atoms with van der Waals surface area (Å²) in [5.74, 6) is 1.23. The van der Waals surface area contributed by atoms with Crippen LogP contribution in [0.4, 0.5) is 19.0 Å². The van der Waals surface area contributed by atoms with Gasteiger partial charge in [-0.3, -0.25) is 0 Å². The number of rotatable bonds is 1. The van der Waals surface area contributed by atoms with Gasteiger partial charge in [0.25, 0.3) is 0 Å². The molecule has 0 fully saturated rings. The largest absolute Gasteiger partial charge is 0.486 e. The SMILES string of the molecule is FC(F)(F)c1cccc(-c2ncc3c(n2)NCCO3)c1. The van der Waals surface area contributed by atoms with E-state index in [0.717, 1.165) is 12.1 Å². The number of aromatic nitrogens is 2. The summed E-state index contributed by atoms with van der Waals surface area (Å²) in [6.45, 7) is 1.12. The Balaban J connectivity index is 2.01. The number of hydrogen-bond acceptors (Lipinski definition) is 4. The summed E-state index contributed by atoms with van der Waals surface area (Å²) in [6.07, 6.45) is -2.92. The lowest BCUT2D eigenvalue weighted by Gasteiger charge is -2.18. The van der Waals surface area contributed by atoms with Crippen LogP contribution in [0, 0.1) is 0 Å². The molecule has 104 valence electrons. The van der Waals surface area contributed by atoms with Gasteiger partial charge in [-0.15, -0.1) is 0 Å². The van der Waals surface area contributed by atoms with Crippen molar-refractivity contribution in [3.05, 3.63) is 36.0 Å². The molecule has 7 heteroatoms. The third kappa shape index (κ3) is 2.38. The van der Waals surface area contributed by atoms with Gasteiger partial charge in [0, 0.05) is 5.56 Å². The fourth-order valence-corrected chi connectivity index (χ4v) is 1.91. The molecule has 1 aromatic carbocycles. The van der Waals surface area contributed by atoms with Crippen molar-refractivity contribution in [3.63, 3.8) is 0 Å². The van der Waals surface area contributed by atoms with Gasteiger partial charge in [-0.2, -0.15) is 13.2 Å². The van der Waals surface area contributed by atoms with Crippen LogP contribution in [0.25, 0.3) is 11.4 Å². The minimum absolute atomic E-state index is 0.229. The lowest BCUT2D eigenvalue weighted by molar-refractivity contribution is -0.137. The maximum Gasteiger partial charge on any atom is 0.416 e. The summed E-state index contributed by atoms with van der Waals surface area (Å²) in [7, 11) is 0. The molecule has 0 spiro atoms. The Hall–Kier alpha value is -2.31. The fraction of sp³-hybridized carbons (Fsp3) is 0.231. The second kappa shape index (κ2) is 4.66. The van der Waals surface area contributed by atoms with Crippen LogP contribution >= 0.6 is 0 Å². The zero-order valence-electron chi connectivity index (χ0n) is 10.2. The van der Waals surface area contributed by atoms with E-state index in [1.54, 1.807) is 6.07 Å². The Labute approximate surface area is 112 Å². The molecule has 0 unspecified atom stereocenters. The first-order valence-electron chi connectivity index (χ1n) is 5.95. The van der Waals surface area contributed by atoms with Gasteiger partial charge in [0.05, 0.1) is 18.3 Å². The molecule has 0 atom stereocenters. The van der Waals surface area contributed by atoms with E-state index in [-0.39, 0.29) is 5.82 Å². The topological polar surface area (TPSA) is 47.0 Å². The fourth-order valence-electron chi connectivity index (χ4n) is 1.91. The molecular formula is C13H10F3N3O. The average molecular weight is 281 g/mol. The van der Waals surface area contributed by atoms with Crippen molar-refractivity contribution >= 4 is 5.82 Å². The van der Waals surface area contributed by atoms with E-state index >= 15 is 0 Å². The van der Waals surface area contributed by atoms with Crippen LogP contribution in [0.15, 0.2) is 30.5 Å². The van der Waals surface area contributed by atoms with Gasteiger partial charge >= 0.3 is 6.18 Å². The monoisotopic (exact) mass is 281 g/mol. The predicted octanol–water partition coefficient (Wildman–Crippen LogP) is 2.97. The second-order valence-corrected chi connectivity index (χ2v) is 4.26. The van der Waals surface area contributed by atoms with Crippen LogP contribution < -0.4 is 10.1 Å². The average Bonchev–Trinajstić information content (AvgIpc) is 2.46. The molecule has 0 aliphatic carbocycles. The minimum atomic E-state index is -4.38. The first kappa shape index (κ1) is 12.7. The summed E-state index contributed by atoms with van der Waals surface area (Å²) in [5, 5.41) is 3.02. The summed E-state index contributed by atoms with van der Waals surface area (Å²) in [6, 6.07) is 4.93. The van der Waals surface area contributed by atoms with Crippen LogP contribution in [0.1, 0.15) is 5.56 Å². The molecule has 4 nitrogen and oxygen atoms in total. The number of fused-ring (bicyclic) bond motifs is 1. The maximum absolute atomic E-state index is 12.7. The van der Waals surface area contributed by atoms with E-state index in [1.165, 1.54) is 12.3 Å². The van der Waals surface area contributed by atoms with Crippen molar-refractivity contribution < 1.29 is 17.9 Å². The van der Waals surface area contributed by atoms with Gasteiger partial charge in [-0.05, 0) is 12.1 Å². The number of alkyl halides is 3. The highest BCUT2D eigenvalue weighted by Gasteiger charge is 2.30. The van der Waals surface area contributed by atoms with Crippen LogP contribution in [-0.4, -0.2) is 23.1 Å². The lowest BCUT2D eigenvalue weighted by Crippen LogP contribution is -2.19. The Morgan fingerprint density at radius 1 is 1.25 bits per heavy atom. The summed E-state index contributed by atoms with van der Waals surface area (Å²) < 4.78 is 43.4. The van der Waals surface area contributed by atoms with E-state index in [9.17, 15) is 13.2 Å². The van der Waals surface area contributed by atoms with E-state index in [0.29, 0.717) is 30.3 Å². The Morgan fingerprint density at radius 3 is 2.90 bits per heavy atom. The zero-order chi connectivity index (χ0) is 14.2. The minimum Gasteiger partial charge on any atom is -0.486 e. The van der Waals surface area contributed by atoms with Crippen LogP contribution in [-0.2, 0) is 6.18 Å². The summed E-state index contributed by atoms with van der Waals surface area (Å²) >= 11 is 0. The molecule has 2 aromatic rings. The molecular weight excluding hydrogens is 271 g/mol. The maximum atomic E-state index is 12.7. The number of nitrogens with one attached hydrogen (secondary N) is 1. The molecule has 3 rings (SSSR count). The van der Waals surface area contributed by atoms with Crippen molar-refractivity contribution in [2.45, 2.75) is 6.18 Å². The molecule has 0 radical (unpaired) electrons. The van der Waals surface area contributed by atoms with E-state index in [2.05, 4.69) is 15.3 Å². The predicted molar refractivity (Wildman–Crippen MR) is 66.5 cm³/mol. The molecule has 1 aliphatic heterocycles. The third-order valence-electron chi connectivity index (χ3n) is 2.86. The van der Waals surface area contributed by atoms with Gasteiger partial charge in [0.15, 0.2) is 17.4 Å². The van der Waals surface area contributed by atoms with Crippen molar-refractivity contribution in [2.24, 2.45) is 0 Å². The highest BCUT2D eigenvalue weighted by atomic mass is 19.4. The number of ether oxygens (including phenoxy) is 1. The summed E-state index contributed by atoms with van der Waals surface area (Å²) in [4.78, 5) is 8.23. The van der Waals surface area contributed by atoms with E-state index < -0.39 is 11.7 Å². The zero-order valence-corrected chi connectivity index (χ0v) is 10.2. The van der Waals surface area contributed by atoms with Gasteiger partial charge in [-0.25, -0.2) is 9.97 Å². The van der Waals surface area contributed by atoms with Crippen molar-refractivity contribution in [1.82, 2.24) is 9.97 Å². The van der Waals surface area contributed by atoms with Crippen molar-refractivity contribution in [1.29, 1.82) is 0 Å². The molecule has 0 saturated heterocycles. The van der Waals surface area contributed by atoms with Gasteiger partial charge < -0.3 is 10.1 Å². The van der Waals surface area contributed by atoms with Crippen LogP contribution in [0.5, 0.6) is 5.75 Å². The van der Waals surface area contributed by atoms with Crippen LogP contribution in [0.3, 0.4) is 0 Å². The Morgan fingerprint density at radius 2 is 2.10 bits per heavy atom. The van der Waals surface area contributed by atoms with Crippen molar-refractivity contribution in [3.8, 4) is 17.1 Å². The summed E-state index contributed by atoms with van der Waals surface area (Å²) in [5.41, 5.74) is -0.407. The highest BCUT2D eigenvalue weighted by Crippen LogP contribution is 2.32. The highest BCUT2D eigenvalue weighted by molar-refractivity contribution is 5.61. The first-order chi connectivity index (χ1) is 9.54. The number of nitrogens with zero attached hydrogens (tertiary/aromatic N) is 2. The molecule has 1 N–H and O–H groups in total. The molecule has 0 saturated carbocycles. The smallest absolute Gasteiger partial charge is 0.416 e. The molecule has 0 bridgehead atoms. The normalized spacial score (nSPS) is 14.2. The number of hydrogen-bond donors (Lipinski definition) is 1. The molecule has 20 heavy (non-hydrogen) atoms. The molecule has 1 aliphatic rings. The quantitative estimate of drug-likeness (QED) is 0.873. The molecule has 1 aromatic heterocycles. The van der Waals surface area contributed by atoms with Gasteiger partial charge in [0.2, 0.25) is 0 Å². The number of benzene rings is 1. The Kier molecular flexibility index (Phi) is 2.96. The first-order valence-corrected chi connectivity index (χ1v) is 5.95.